The zero-order valence-corrected chi connectivity index (χ0v) is 14.7. The molecule has 1 spiro atoms. The summed E-state index contributed by atoms with van der Waals surface area (Å²) in [6.45, 7) is 6.47. The molecule has 4 aliphatic rings. The maximum Gasteiger partial charge on any atom is 0.128 e. The van der Waals surface area contributed by atoms with Gasteiger partial charge in [-0.05, 0) is 35.8 Å². The minimum absolute atomic E-state index is 0.0592. The molecule has 2 aromatic rings. The largest absolute Gasteiger partial charge is 0.496 e. The Morgan fingerprint density at radius 1 is 1.08 bits per heavy atom. The Kier molecular flexibility index (Phi) is 2.88. The van der Waals surface area contributed by atoms with Crippen LogP contribution < -0.4 is 9.64 Å². The first kappa shape index (κ1) is 14.6. The number of benzene rings is 2. The number of hydrogen-bond donors (Lipinski definition) is 0. The first-order chi connectivity index (χ1) is 12.2. The highest BCUT2D eigenvalue weighted by Crippen LogP contribution is 2.60. The lowest BCUT2D eigenvalue weighted by Gasteiger charge is -2.51. The van der Waals surface area contributed by atoms with Crippen molar-refractivity contribution in [2.24, 2.45) is 0 Å². The Hall–Kier alpha value is -2.68. The Morgan fingerprint density at radius 2 is 1.84 bits per heavy atom. The van der Waals surface area contributed by atoms with Crippen molar-refractivity contribution in [1.82, 2.24) is 4.90 Å². The van der Waals surface area contributed by atoms with Crippen molar-refractivity contribution >= 4 is 11.4 Å². The second-order valence-electron chi connectivity index (χ2n) is 7.15. The molecule has 4 aliphatic heterocycles. The number of allylic oxidation sites excluding steroid dienone is 1. The van der Waals surface area contributed by atoms with Gasteiger partial charge in [-0.1, -0.05) is 36.9 Å². The molecule has 2 aromatic carbocycles. The molecule has 2 bridgehead atoms. The highest BCUT2D eigenvalue weighted by molar-refractivity contribution is 5.87. The van der Waals surface area contributed by atoms with E-state index >= 15 is 0 Å². The third-order valence-corrected chi connectivity index (χ3v) is 6.11. The number of para-hydroxylation sites is 2. The topological polar surface area (TPSA) is 15.7 Å². The van der Waals surface area contributed by atoms with E-state index in [2.05, 4.69) is 65.9 Å². The van der Waals surface area contributed by atoms with Crippen molar-refractivity contribution in [3.8, 4) is 5.75 Å². The summed E-state index contributed by atoms with van der Waals surface area (Å²) >= 11 is 0. The van der Waals surface area contributed by atoms with Crippen LogP contribution in [0.2, 0.25) is 0 Å². The Bertz CT molecular complexity index is 929. The van der Waals surface area contributed by atoms with Gasteiger partial charge in [-0.3, -0.25) is 0 Å². The summed E-state index contributed by atoms with van der Waals surface area (Å²) in [5.41, 5.74) is 7.80. The first-order valence-corrected chi connectivity index (χ1v) is 8.83. The molecule has 1 atom stereocenters. The van der Waals surface area contributed by atoms with Crippen LogP contribution in [-0.2, 0) is 5.41 Å². The van der Waals surface area contributed by atoms with E-state index in [1.807, 2.05) is 6.07 Å². The molecule has 1 fully saturated rings. The van der Waals surface area contributed by atoms with Crippen molar-refractivity contribution in [3.63, 3.8) is 0 Å². The molecule has 25 heavy (non-hydrogen) atoms. The summed E-state index contributed by atoms with van der Waals surface area (Å²) in [6.07, 6.45) is 1.10. The van der Waals surface area contributed by atoms with Crippen LogP contribution in [0.3, 0.4) is 0 Å². The summed E-state index contributed by atoms with van der Waals surface area (Å²) in [6, 6.07) is 17.1. The maximum absolute atomic E-state index is 5.69. The van der Waals surface area contributed by atoms with Crippen LogP contribution >= 0.6 is 0 Å². The summed E-state index contributed by atoms with van der Waals surface area (Å²) in [4.78, 5) is 4.84. The number of hydrogen-bond acceptors (Lipinski definition) is 3. The predicted octanol–water partition coefficient (Wildman–Crippen LogP) is 4.03. The second-order valence-corrected chi connectivity index (χ2v) is 7.15. The van der Waals surface area contributed by atoms with Crippen LogP contribution in [0.15, 0.2) is 66.4 Å². The SMILES string of the molecule is C=C1CN2CCC13C(=C2c1ccccc1OC)N(C)c1ccccc13. The minimum Gasteiger partial charge on any atom is -0.496 e. The molecule has 0 N–H and O–H groups in total. The van der Waals surface area contributed by atoms with Gasteiger partial charge in [-0.15, -0.1) is 0 Å². The smallest absolute Gasteiger partial charge is 0.128 e. The molecule has 0 amide bonds. The quantitative estimate of drug-likeness (QED) is 0.773. The lowest BCUT2D eigenvalue weighted by atomic mass is 9.65. The molecule has 4 heterocycles. The predicted molar refractivity (Wildman–Crippen MR) is 102 cm³/mol. The molecule has 0 aliphatic carbocycles. The average molecular weight is 330 g/mol. The van der Waals surface area contributed by atoms with E-state index in [1.54, 1.807) is 7.11 Å². The van der Waals surface area contributed by atoms with Gasteiger partial charge in [0.15, 0.2) is 0 Å². The van der Waals surface area contributed by atoms with Gasteiger partial charge >= 0.3 is 0 Å². The van der Waals surface area contributed by atoms with Gasteiger partial charge in [-0.25, -0.2) is 0 Å². The van der Waals surface area contributed by atoms with Crippen molar-refractivity contribution < 1.29 is 4.74 Å². The third-order valence-electron chi connectivity index (χ3n) is 6.11. The van der Waals surface area contributed by atoms with Crippen LogP contribution in [0.1, 0.15) is 17.5 Å². The lowest BCUT2D eigenvalue weighted by Crippen LogP contribution is -2.51. The van der Waals surface area contributed by atoms with E-state index in [4.69, 9.17) is 4.74 Å². The van der Waals surface area contributed by atoms with Crippen molar-refractivity contribution in [2.75, 3.05) is 32.1 Å². The normalized spacial score (nSPS) is 23.8. The second kappa shape index (κ2) is 4.92. The molecule has 3 heteroatoms. The molecule has 3 nitrogen and oxygen atoms in total. The van der Waals surface area contributed by atoms with Crippen molar-refractivity contribution in [2.45, 2.75) is 11.8 Å². The van der Waals surface area contributed by atoms with Crippen LogP contribution in [0.4, 0.5) is 5.69 Å². The van der Waals surface area contributed by atoms with Crippen LogP contribution in [-0.4, -0.2) is 32.1 Å². The number of anilines is 1. The first-order valence-electron chi connectivity index (χ1n) is 8.83. The molecular weight excluding hydrogens is 308 g/mol. The molecule has 0 aromatic heterocycles. The molecule has 1 saturated heterocycles. The van der Waals surface area contributed by atoms with Gasteiger partial charge in [0.05, 0.1) is 23.9 Å². The minimum atomic E-state index is -0.0592. The zero-order chi connectivity index (χ0) is 17.2. The summed E-state index contributed by atoms with van der Waals surface area (Å²) in [5, 5.41) is 0. The molecule has 6 rings (SSSR count). The number of fused-ring (bicyclic) bond motifs is 3. The average Bonchev–Trinajstić information content (AvgIpc) is 2.92. The van der Waals surface area contributed by atoms with Crippen LogP contribution in [0.25, 0.3) is 5.70 Å². The van der Waals surface area contributed by atoms with Crippen LogP contribution in [0.5, 0.6) is 5.75 Å². The number of methoxy groups -OCH3 is 1. The molecule has 0 saturated carbocycles. The monoisotopic (exact) mass is 330 g/mol. The molecule has 126 valence electrons. The highest BCUT2D eigenvalue weighted by atomic mass is 16.5. The van der Waals surface area contributed by atoms with Crippen LogP contribution in [0, 0.1) is 0 Å². The number of likely N-dealkylation sites (N-methyl/N-ethyl adjacent to an activating group) is 1. The van der Waals surface area contributed by atoms with Crippen molar-refractivity contribution in [3.05, 3.63) is 77.5 Å². The van der Waals surface area contributed by atoms with E-state index in [0.29, 0.717) is 0 Å². The standard InChI is InChI=1S/C22H22N2O/c1-15-14-24-13-12-22(15)17-9-5-6-10-18(17)23(2)21(22)20(24)16-8-4-7-11-19(16)25-3/h4-11H,1,12-14H2,2-3H3. The van der Waals surface area contributed by atoms with Gasteiger partial charge in [0, 0.05) is 31.4 Å². The van der Waals surface area contributed by atoms with E-state index in [1.165, 1.54) is 33.8 Å². The molecular formula is C22H22N2O. The van der Waals surface area contributed by atoms with E-state index in [9.17, 15) is 0 Å². The van der Waals surface area contributed by atoms with Gasteiger partial charge < -0.3 is 14.5 Å². The van der Waals surface area contributed by atoms with E-state index < -0.39 is 0 Å². The van der Waals surface area contributed by atoms with Gasteiger partial charge in [0.2, 0.25) is 0 Å². The van der Waals surface area contributed by atoms with Gasteiger partial charge in [0.25, 0.3) is 0 Å². The number of ether oxygens (including phenoxy) is 1. The van der Waals surface area contributed by atoms with Crippen molar-refractivity contribution in [1.29, 1.82) is 0 Å². The summed E-state index contributed by atoms with van der Waals surface area (Å²) < 4.78 is 5.69. The summed E-state index contributed by atoms with van der Waals surface area (Å²) in [7, 11) is 3.94. The number of piperidine rings is 1. The lowest BCUT2D eigenvalue weighted by molar-refractivity contribution is 0.282. The number of nitrogens with zero attached hydrogens (tertiary/aromatic N) is 2. The zero-order valence-electron chi connectivity index (χ0n) is 14.7. The van der Waals surface area contributed by atoms with E-state index in [-0.39, 0.29) is 5.41 Å². The Balaban J connectivity index is 1.86. The molecule has 0 radical (unpaired) electrons. The van der Waals surface area contributed by atoms with E-state index in [0.717, 1.165) is 25.3 Å². The number of rotatable bonds is 2. The fourth-order valence-corrected chi connectivity index (χ4v) is 5.04. The Morgan fingerprint density at radius 3 is 2.64 bits per heavy atom. The highest BCUT2D eigenvalue weighted by Gasteiger charge is 2.55. The Labute approximate surface area is 148 Å². The summed E-state index contributed by atoms with van der Waals surface area (Å²) in [5.74, 6) is 0.933. The fourth-order valence-electron chi connectivity index (χ4n) is 5.04. The van der Waals surface area contributed by atoms with Gasteiger partial charge in [0.1, 0.15) is 5.75 Å². The third kappa shape index (κ3) is 1.66. The maximum atomic E-state index is 5.69. The molecule has 1 unspecified atom stereocenters. The fraction of sp³-hybridized carbons (Fsp3) is 0.273. The van der Waals surface area contributed by atoms with Gasteiger partial charge in [-0.2, -0.15) is 0 Å².